The molecule has 0 spiro atoms. The minimum Gasteiger partial charge on any atom is -0.383 e. The molecule has 1 fully saturated rings. The van der Waals surface area contributed by atoms with Crippen molar-refractivity contribution in [3.63, 3.8) is 0 Å². The fourth-order valence-corrected chi connectivity index (χ4v) is 1.79. The van der Waals surface area contributed by atoms with E-state index in [1.807, 2.05) is 27.7 Å². The molecule has 1 N–H and O–H groups in total. The lowest BCUT2D eigenvalue weighted by Gasteiger charge is -2.37. The highest BCUT2D eigenvalue weighted by molar-refractivity contribution is 4.89. The lowest BCUT2D eigenvalue weighted by atomic mass is 9.91. The molecule has 1 rings (SSSR count). The first-order valence-corrected chi connectivity index (χ1v) is 6.65. The van der Waals surface area contributed by atoms with Gasteiger partial charge in [-0.1, -0.05) is 34.6 Å². The van der Waals surface area contributed by atoms with Crippen LogP contribution in [0.3, 0.4) is 0 Å². The molecule has 1 aliphatic heterocycles. The largest absolute Gasteiger partial charge is 0.383 e. The van der Waals surface area contributed by atoms with Crippen molar-refractivity contribution >= 4 is 0 Å². The van der Waals surface area contributed by atoms with Crippen LogP contribution in [-0.2, 0) is 9.47 Å². The summed E-state index contributed by atoms with van der Waals surface area (Å²) < 4.78 is 10.5. The number of likely N-dealkylation sites (N-methyl/N-ethyl adjacent to an activating group) is 1. The van der Waals surface area contributed by atoms with Crippen LogP contribution in [0, 0.1) is 0 Å². The molecule has 0 unspecified atom stereocenters. The van der Waals surface area contributed by atoms with Gasteiger partial charge in [0.1, 0.15) is 0 Å². The molecular formula is C13H31NO2. The maximum atomic E-state index is 5.32. The Morgan fingerprint density at radius 2 is 1.62 bits per heavy atom. The molecule has 1 saturated heterocycles. The first-order chi connectivity index (χ1) is 7.83. The normalized spacial score (nSPS) is 17.6. The summed E-state index contributed by atoms with van der Waals surface area (Å²) in [5.41, 5.74) is 0.182. The van der Waals surface area contributed by atoms with Gasteiger partial charge in [0.15, 0.2) is 0 Å². The predicted molar refractivity (Wildman–Crippen MR) is 71.0 cm³/mol. The summed E-state index contributed by atoms with van der Waals surface area (Å²) >= 11 is 0. The Morgan fingerprint density at radius 1 is 1.12 bits per heavy atom. The standard InChI is InChI=1S/C9H19NO2.2C2H6/c1-3-10-9(8-11-2)4-6-12-7-5-9;2*1-2/h10H,3-8H2,1-2H3;2*1-2H3. The van der Waals surface area contributed by atoms with E-state index in [-0.39, 0.29) is 5.54 Å². The lowest BCUT2D eigenvalue weighted by molar-refractivity contribution is 0.00147. The number of hydrogen-bond acceptors (Lipinski definition) is 3. The second-order valence-corrected chi connectivity index (χ2v) is 3.36. The maximum Gasteiger partial charge on any atom is 0.0646 e. The van der Waals surface area contributed by atoms with Gasteiger partial charge in [-0.15, -0.1) is 0 Å². The molecule has 16 heavy (non-hydrogen) atoms. The summed E-state index contributed by atoms with van der Waals surface area (Å²) in [5, 5.41) is 3.49. The molecule has 0 radical (unpaired) electrons. The van der Waals surface area contributed by atoms with Crippen LogP contribution in [0.5, 0.6) is 0 Å². The van der Waals surface area contributed by atoms with Crippen molar-refractivity contribution in [1.29, 1.82) is 0 Å². The smallest absolute Gasteiger partial charge is 0.0646 e. The van der Waals surface area contributed by atoms with Crippen molar-refractivity contribution < 1.29 is 9.47 Å². The SMILES string of the molecule is CC.CC.CCNC1(COC)CCOCC1. The van der Waals surface area contributed by atoms with E-state index < -0.39 is 0 Å². The fourth-order valence-electron chi connectivity index (χ4n) is 1.79. The summed E-state index contributed by atoms with van der Waals surface area (Å²) in [6, 6.07) is 0. The average molecular weight is 233 g/mol. The molecule has 0 aromatic rings. The Bertz CT molecular complexity index is 108. The highest BCUT2D eigenvalue weighted by atomic mass is 16.5. The van der Waals surface area contributed by atoms with Gasteiger partial charge in [0.2, 0.25) is 0 Å². The molecule has 1 aliphatic rings. The van der Waals surface area contributed by atoms with Gasteiger partial charge in [-0.05, 0) is 19.4 Å². The van der Waals surface area contributed by atoms with Crippen LogP contribution in [0.15, 0.2) is 0 Å². The number of nitrogens with one attached hydrogen (secondary N) is 1. The van der Waals surface area contributed by atoms with Crippen LogP contribution in [0.1, 0.15) is 47.5 Å². The molecule has 3 nitrogen and oxygen atoms in total. The molecule has 100 valence electrons. The minimum absolute atomic E-state index is 0.182. The Morgan fingerprint density at radius 3 is 2.00 bits per heavy atom. The predicted octanol–water partition coefficient (Wildman–Crippen LogP) is 2.84. The molecule has 0 aliphatic carbocycles. The van der Waals surface area contributed by atoms with E-state index in [4.69, 9.17) is 9.47 Å². The van der Waals surface area contributed by atoms with Crippen LogP contribution < -0.4 is 5.32 Å². The van der Waals surface area contributed by atoms with Crippen molar-refractivity contribution in [3.8, 4) is 0 Å². The molecule has 1 heterocycles. The van der Waals surface area contributed by atoms with Gasteiger partial charge in [-0.2, -0.15) is 0 Å². The molecule has 0 amide bonds. The topological polar surface area (TPSA) is 30.5 Å². The van der Waals surface area contributed by atoms with Crippen LogP contribution in [0.2, 0.25) is 0 Å². The number of hydrogen-bond donors (Lipinski definition) is 1. The van der Waals surface area contributed by atoms with E-state index in [1.165, 1.54) is 0 Å². The summed E-state index contributed by atoms with van der Waals surface area (Å²) in [7, 11) is 1.76. The number of rotatable bonds is 4. The van der Waals surface area contributed by atoms with Crippen molar-refractivity contribution in [2.24, 2.45) is 0 Å². The first kappa shape index (κ1) is 18.3. The van der Waals surface area contributed by atoms with Crippen LogP contribution in [0.4, 0.5) is 0 Å². The summed E-state index contributed by atoms with van der Waals surface area (Å²) in [4.78, 5) is 0. The maximum absolute atomic E-state index is 5.32. The van der Waals surface area contributed by atoms with E-state index in [2.05, 4.69) is 12.2 Å². The highest BCUT2D eigenvalue weighted by Gasteiger charge is 2.31. The first-order valence-electron chi connectivity index (χ1n) is 6.65. The molecule has 0 saturated carbocycles. The third kappa shape index (κ3) is 7.20. The van der Waals surface area contributed by atoms with Gasteiger partial charge >= 0.3 is 0 Å². The van der Waals surface area contributed by atoms with E-state index in [0.29, 0.717) is 0 Å². The monoisotopic (exact) mass is 233 g/mol. The molecule has 0 atom stereocenters. The minimum atomic E-state index is 0.182. The number of methoxy groups -OCH3 is 1. The van der Waals surface area contributed by atoms with E-state index in [0.717, 1.165) is 39.2 Å². The summed E-state index contributed by atoms with van der Waals surface area (Å²) in [6.45, 7) is 13.6. The lowest BCUT2D eigenvalue weighted by Crippen LogP contribution is -2.52. The van der Waals surface area contributed by atoms with Gasteiger partial charge < -0.3 is 14.8 Å². The Balaban J connectivity index is 0. The van der Waals surface area contributed by atoms with Crippen LogP contribution in [0.25, 0.3) is 0 Å². The van der Waals surface area contributed by atoms with Crippen molar-refractivity contribution in [3.05, 3.63) is 0 Å². The second-order valence-electron chi connectivity index (χ2n) is 3.36. The van der Waals surface area contributed by atoms with E-state index in [1.54, 1.807) is 7.11 Å². The zero-order valence-corrected chi connectivity index (χ0v) is 12.1. The van der Waals surface area contributed by atoms with Crippen LogP contribution >= 0.6 is 0 Å². The Hall–Kier alpha value is -0.120. The van der Waals surface area contributed by atoms with E-state index in [9.17, 15) is 0 Å². The zero-order chi connectivity index (χ0) is 12.9. The van der Waals surface area contributed by atoms with Crippen LogP contribution in [-0.4, -0.2) is 39.0 Å². The summed E-state index contributed by atoms with van der Waals surface area (Å²) in [6.07, 6.45) is 2.13. The van der Waals surface area contributed by atoms with Gasteiger partial charge in [-0.25, -0.2) is 0 Å². The number of ether oxygens (including phenoxy) is 2. The molecule has 0 aromatic heterocycles. The Kier molecular flexibility index (Phi) is 14.8. The van der Waals surface area contributed by atoms with Crippen molar-refractivity contribution in [1.82, 2.24) is 5.32 Å². The molecule has 0 aromatic carbocycles. The summed E-state index contributed by atoms with van der Waals surface area (Å²) in [5.74, 6) is 0. The second kappa shape index (κ2) is 12.9. The van der Waals surface area contributed by atoms with Gasteiger partial charge in [0.25, 0.3) is 0 Å². The quantitative estimate of drug-likeness (QED) is 0.810. The van der Waals surface area contributed by atoms with E-state index >= 15 is 0 Å². The molecular weight excluding hydrogens is 202 g/mol. The third-order valence-electron chi connectivity index (χ3n) is 2.42. The van der Waals surface area contributed by atoms with Crippen molar-refractivity contribution in [2.75, 3.05) is 33.5 Å². The third-order valence-corrected chi connectivity index (χ3v) is 2.42. The average Bonchev–Trinajstić information content (AvgIpc) is 2.36. The zero-order valence-electron chi connectivity index (χ0n) is 12.1. The Labute approximate surface area is 102 Å². The fraction of sp³-hybridized carbons (Fsp3) is 1.00. The molecule has 3 heteroatoms. The highest BCUT2D eigenvalue weighted by Crippen LogP contribution is 2.20. The molecule has 0 bridgehead atoms. The van der Waals surface area contributed by atoms with Gasteiger partial charge in [0, 0.05) is 25.9 Å². The van der Waals surface area contributed by atoms with Gasteiger partial charge in [-0.3, -0.25) is 0 Å². The van der Waals surface area contributed by atoms with Crippen molar-refractivity contribution in [2.45, 2.75) is 53.0 Å². The van der Waals surface area contributed by atoms with Gasteiger partial charge in [0.05, 0.1) is 6.61 Å².